The Morgan fingerprint density at radius 3 is 2.72 bits per heavy atom. The van der Waals surface area contributed by atoms with Crippen LogP contribution in [0.3, 0.4) is 0 Å². The van der Waals surface area contributed by atoms with Gasteiger partial charge in [-0.1, -0.05) is 12.2 Å². The lowest BCUT2D eigenvalue weighted by Crippen LogP contribution is -2.05. The Balaban J connectivity index is 1.95. The zero-order chi connectivity index (χ0) is 22.9. The van der Waals surface area contributed by atoms with Crippen LogP contribution >= 0.6 is 23.8 Å². The van der Waals surface area contributed by atoms with Crippen molar-refractivity contribution in [3.8, 4) is 23.3 Å². The predicted octanol–water partition coefficient (Wildman–Crippen LogP) is 5.04. The molecular weight excluding hydrogens is 448 g/mol. The van der Waals surface area contributed by atoms with Crippen molar-refractivity contribution >= 4 is 51.5 Å². The summed E-state index contributed by atoms with van der Waals surface area (Å²) >= 11 is 10.5. The molecule has 32 heavy (non-hydrogen) atoms. The maximum absolute atomic E-state index is 9.62. The highest BCUT2D eigenvalue weighted by Crippen LogP contribution is 2.37. The van der Waals surface area contributed by atoms with Crippen LogP contribution in [0, 0.1) is 11.3 Å². The van der Waals surface area contributed by atoms with E-state index in [1.54, 1.807) is 31.4 Å². The van der Waals surface area contributed by atoms with Gasteiger partial charge < -0.3 is 25.3 Å². The summed E-state index contributed by atoms with van der Waals surface area (Å²) in [5.41, 5.74) is 8.12. The van der Waals surface area contributed by atoms with Crippen molar-refractivity contribution in [3.63, 3.8) is 0 Å². The molecule has 0 saturated heterocycles. The molecule has 0 aliphatic heterocycles. The molecular formula is C23H21ClN4O3S. The molecule has 0 aliphatic rings. The SMILES string of the molecule is COc1cc2c(Nc3ccc(OC(N)=CC=S)cc3)c(C#N)cnc2cc1OCCCCl. The summed E-state index contributed by atoms with van der Waals surface area (Å²) in [6, 6.07) is 12.9. The van der Waals surface area contributed by atoms with Gasteiger partial charge in [-0.05, 0) is 36.8 Å². The number of alkyl halides is 1. The number of aromatic nitrogens is 1. The highest BCUT2D eigenvalue weighted by Gasteiger charge is 2.14. The number of pyridine rings is 1. The van der Waals surface area contributed by atoms with Crippen molar-refractivity contribution in [1.82, 2.24) is 4.98 Å². The van der Waals surface area contributed by atoms with Gasteiger partial charge in [0.25, 0.3) is 0 Å². The van der Waals surface area contributed by atoms with Gasteiger partial charge >= 0.3 is 0 Å². The maximum atomic E-state index is 9.62. The third kappa shape index (κ3) is 5.58. The highest BCUT2D eigenvalue weighted by atomic mass is 35.5. The van der Waals surface area contributed by atoms with Crippen LogP contribution < -0.4 is 25.3 Å². The number of nitrogens with one attached hydrogen (secondary N) is 1. The molecule has 0 amide bonds. The average molecular weight is 469 g/mol. The number of hydrogen-bond donors (Lipinski definition) is 2. The minimum absolute atomic E-state index is 0.198. The number of nitrogens with zero attached hydrogens (tertiary/aromatic N) is 2. The number of rotatable bonds is 10. The number of allylic oxidation sites excluding steroid dienone is 1. The second-order valence-electron chi connectivity index (χ2n) is 6.53. The van der Waals surface area contributed by atoms with Gasteiger partial charge in [0.2, 0.25) is 0 Å². The molecule has 9 heteroatoms. The van der Waals surface area contributed by atoms with Crippen molar-refractivity contribution in [1.29, 1.82) is 5.26 Å². The standard InChI is InChI=1S/C23H21ClN4O3S/c1-29-20-11-18-19(12-21(20)30-9-2-8-24)27-14-15(13-25)23(18)28-16-3-5-17(6-4-16)31-22(26)7-10-32/h3-7,10-12,14H,2,8-9,26H2,1H3,(H,27,28). The van der Waals surface area contributed by atoms with Crippen molar-refractivity contribution in [2.45, 2.75) is 6.42 Å². The Labute approximate surface area is 196 Å². The van der Waals surface area contributed by atoms with Crippen LogP contribution in [0.5, 0.6) is 17.2 Å². The summed E-state index contributed by atoms with van der Waals surface area (Å²) in [5.74, 6) is 2.37. The number of nitriles is 1. The van der Waals surface area contributed by atoms with Gasteiger partial charge in [0.05, 0.1) is 30.5 Å². The molecule has 0 fully saturated rings. The normalized spacial score (nSPS) is 11.0. The van der Waals surface area contributed by atoms with Gasteiger partial charge in [0.15, 0.2) is 17.4 Å². The number of hydrogen-bond acceptors (Lipinski definition) is 8. The number of benzene rings is 2. The Hall–Kier alpha value is -3.54. The fraction of sp³-hybridized carbons (Fsp3) is 0.174. The van der Waals surface area contributed by atoms with E-state index in [0.29, 0.717) is 52.9 Å². The highest BCUT2D eigenvalue weighted by molar-refractivity contribution is 7.79. The van der Waals surface area contributed by atoms with Crippen LogP contribution in [0.4, 0.5) is 11.4 Å². The van der Waals surface area contributed by atoms with Gasteiger partial charge in [0.1, 0.15) is 11.8 Å². The second-order valence-corrected chi connectivity index (χ2v) is 7.18. The van der Waals surface area contributed by atoms with Crippen molar-refractivity contribution in [2.75, 3.05) is 24.9 Å². The van der Waals surface area contributed by atoms with Crippen molar-refractivity contribution in [2.24, 2.45) is 5.73 Å². The van der Waals surface area contributed by atoms with Gasteiger partial charge in [-0.25, -0.2) is 0 Å². The zero-order valence-electron chi connectivity index (χ0n) is 17.3. The third-order valence-electron chi connectivity index (χ3n) is 4.40. The molecule has 0 unspecified atom stereocenters. The first-order valence-corrected chi connectivity index (χ1v) is 10.7. The number of thiocarbonyl (C=S) groups is 1. The number of fused-ring (bicyclic) bond motifs is 1. The lowest BCUT2D eigenvalue weighted by Gasteiger charge is -2.15. The van der Waals surface area contributed by atoms with E-state index in [0.717, 1.165) is 11.1 Å². The number of methoxy groups -OCH3 is 1. The van der Waals surface area contributed by atoms with Gasteiger partial charge in [-0.3, -0.25) is 4.98 Å². The molecule has 3 aromatic rings. The summed E-state index contributed by atoms with van der Waals surface area (Å²) < 4.78 is 16.7. The van der Waals surface area contributed by atoms with Crippen LogP contribution in [0.2, 0.25) is 0 Å². The Bertz CT molecular complexity index is 1180. The first-order chi connectivity index (χ1) is 15.6. The lowest BCUT2D eigenvalue weighted by molar-refractivity contribution is 0.295. The largest absolute Gasteiger partial charge is 0.493 e. The first kappa shape index (κ1) is 23.1. The molecule has 2 aromatic carbocycles. The van der Waals surface area contributed by atoms with E-state index in [1.165, 1.54) is 17.6 Å². The molecule has 0 bridgehead atoms. The summed E-state index contributed by atoms with van der Waals surface area (Å²) in [6.07, 6.45) is 3.72. The number of nitrogens with two attached hydrogens (primary N) is 1. The Morgan fingerprint density at radius 2 is 2.06 bits per heavy atom. The summed E-state index contributed by atoms with van der Waals surface area (Å²) in [7, 11) is 1.56. The number of anilines is 2. The van der Waals surface area contributed by atoms with E-state index in [4.69, 9.17) is 43.8 Å². The topological polar surface area (TPSA) is 102 Å². The van der Waals surface area contributed by atoms with E-state index >= 15 is 0 Å². The monoisotopic (exact) mass is 468 g/mol. The molecule has 0 radical (unpaired) electrons. The number of ether oxygens (including phenoxy) is 3. The smallest absolute Gasteiger partial charge is 0.191 e. The Kier molecular flexibility index (Phi) is 8.08. The second kappa shape index (κ2) is 11.2. The molecule has 3 rings (SSSR count). The molecule has 1 heterocycles. The molecule has 1 aromatic heterocycles. The third-order valence-corrected chi connectivity index (χ3v) is 4.80. The first-order valence-electron chi connectivity index (χ1n) is 9.65. The molecule has 0 saturated carbocycles. The van der Waals surface area contributed by atoms with Crippen molar-refractivity contribution < 1.29 is 14.2 Å². The molecule has 3 N–H and O–H groups in total. The van der Waals surface area contributed by atoms with Crippen molar-refractivity contribution in [3.05, 3.63) is 60.1 Å². The fourth-order valence-electron chi connectivity index (χ4n) is 2.92. The summed E-state index contributed by atoms with van der Waals surface area (Å²) in [4.78, 5) is 4.41. The molecule has 0 aliphatic carbocycles. The quantitative estimate of drug-likeness (QED) is 0.140. The minimum atomic E-state index is 0.198. The van der Waals surface area contributed by atoms with E-state index in [2.05, 4.69) is 16.4 Å². The average Bonchev–Trinajstić information content (AvgIpc) is 2.80. The molecule has 164 valence electrons. The fourth-order valence-corrected chi connectivity index (χ4v) is 3.16. The van der Waals surface area contributed by atoms with Gasteiger partial charge in [0, 0.05) is 40.7 Å². The molecule has 7 nitrogen and oxygen atoms in total. The van der Waals surface area contributed by atoms with Crippen LogP contribution in [0.15, 0.2) is 54.6 Å². The lowest BCUT2D eigenvalue weighted by atomic mass is 10.1. The summed E-state index contributed by atoms with van der Waals surface area (Å²) in [5, 5.41) is 15.0. The van der Waals surface area contributed by atoms with E-state index < -0.39 is 0 Å². The number of halogens is 1. The predicted molar refractivity (Wildman–Crippen MR) is 130 cm³/mol. The molecule has 0 spiro atoms. The van der Waals surface area contributed by atoms with Crippen LogP contribution in [-0.4, -0.2) is 29.9 Å². The Morgan fingerprint density at radius 1 is 1.28 bits per heavy atom. The minimum Gasteiger partial charge on any atom is -0.493 e. The summed E-state index contributed by atoms with van der Waals surface area (Å²) in [6.45, 7) is 0.464. The molecule has 0 atom stereocenters. The van der Waals surface area contributed by atoms with E-state index in [-0.39, 0.29) is 5.88 Å². The van der Waals surface area contributed by atoms with E-state index in [9.17, 15) is 5.26 Å². The maximum Gasteiger partial charge on any atom is 0.191 e. The van der Waals surface area contributed by atoms with Gasteiger partial charge in [-0.15, -0.1) is 11.6 Å². The van der Waals surface area contributed by atoms with Crippen LogP contribution in [-0.2, 0) is 0 Å². The zero-order valence-corrected chi connectivity index (χ0v) is 18.9. The van der Waals surface area contributed by atoms with E-state index in [1.807, 2.05) is 12.1 Å². The van der Waals surface area contributed by atoms with Gasteiger partial charge in [-0.2, -0.15) is 5.26 Å². The van der Waals surface area contributed by atoms with Crippen LogP contribution in [0.25, 0.3) is 10.9 Å². The van der Waals surface area contributed by atoms with Crippen LogP contribution in [0.1, 0.15) is 12.0 Å².